The van der Waals surface area contributed by atoms with Crippen molar-refractivity contribution < 1.29 is 14.3 Å². The molecule has 3 aromatic rings. The molecule has 0 aliphatic carbocycles. The van der Waals surface area contributed by atoms with Gasteiger partial charge in [-0.3, -0.25) is 4.79 Å². The molecule has 1 N–H and O–H groups in total. The van der Waals surface area contributed by atoms with Crippen LogP contribution in [0.1, 0.15) is 34.5 Å². The van der Waals surface area contributed by atoms with Crippen LogP contribution in [0, 0.1) is 0 Å². The van der Waals surface area contributed by atoms with Gasteiger partial charge >= 0.3 is 0 Å². The van der Waals surface area contributed by atoms with Gasteiger partial charge in [0.25, 0.3) is 5.91 Å². The van der Waals surface area contributed by atoms with Crippen LogP contribution >= 0.6 is 11.6 Å². The molecule has 144 valence electrons. The van der Waals surface area contributed by atoms with Crippen LogP contribution < -0.4 is 14.8 Å². The fourth-order valence-electron chi connectivity index (χ4n) is 2.86. The van der Waals surface area contributed by atoms with Crippen LogP contribution in [0.5, 0.6) is 11.5 Å². The van der Waals surface area contributed by atoms with Gasteiger partial charge in [0.2, 0.25) is 0 Å². The second-order valence-electron chi connectivity index (χ2n) is 6.38. The molecule has 0 saturated heterocycles. The molecule has 0 aromatic heterocycles. The quantitative estimate of drug-likeness (QED) is 0.581. The number of hydrogen-bond donors (Lipinski definition) is 1. The average Bonchev–Trinajstić information content (AvgIpc) is 2.72. The maximum atomic E-state index is 12.7. The number of benzene rings is 3. The number of ether oxygens (including phenoxy) is 2. The lowest BCUT2D eigenvalue weighted by molar-refractivity contribution is 0.0939. The molecule has 0 saturated carbocycles. The second-order valence-corrected chi connectivity index (χ2v) is 6.81. The third-order valence-corrected chi connectivity index (χ3v) is 4.62. The van der Waals surface area contributed by atoms with Gasteiger partial charge in [-0.1, -0.05) is 48.0 Å². The van der Waals surface area contributed by atoms with Crippen LogP contribution in [-0.4, -0.2) is 13.0 Å². The standard InChI is InChI=1S/C23H22ClNO3/c1-16(17-7-4-3-5-8-17)25-23(26)18-11-12-22(27-2)19(13-18)15-28-21-10-6-9-20(24)14-21/h3-14,16H,15H2,1-2H3,(H,25,26)/t16-/m1/s1. The molecular formula is C23H22ClNO3. The minimum absolute atomic E-state index is 0.0954. The number of hydrogen-bond acceptors (Lipinski definition) is 3. The highest BCUT2D eigenvalue weighted by molar-refractivity contribution is 6.30. The first-order valence-electron chi connectivity index (χ1n) is 8.98. The van der Waals surface area contributed by atoms with E-state index < -0.39 is 0 Å². The molecule has 28 heavy (non-hydrogen) atoms. The van der Waals surface area contributed by atoms with Gasteiger partial charge in [0, 0.05) is 16.1 Å². The van der Waals surface area contributed by atoms with Crippen LogP contribution in [0.15, 0.2) is 72.8 Å². The lowest BCUT2D eigenvalue weighted by Gasteiger charge is -2.16. The molecule has 0 bridgehead atoms. The van der Waals surface area contributed by atoms with E-state index in [0.29, 0.717) is 22.1 Å². The zero-order chi connectivity index (χ0) is 19.9. The Morgan fingerprint density at radius 3 is 2.54 bits per heavy atom. The Labute approximate surface area is 170 Å². The van der Waals surface area contributed by atoms with Crippen molar-refractivity contribution >= 4 is 17.5 Å². The Kier molecular flexibility index (Phi) is 6.56. The smallest absolute Gasteiger partial charge is 0.251 e. The molecule has 1 amide bonds. The molecule has 3 aromatic carbocycles. The summed E-state index contributed by atoms with van der Waals surface area (Å²) in [7, 11) is 1.59. The van der Waals surface area contributed by atoms with Gasteiger partial charge in [0.15, 0.2) is 0 Å². The topological polar surface area (TPSA) is 47.6 Å². The van der Waals surface area contributed by atoms with Crippen molar-refractivity contribution in [1.29, 1.82) is 0 Å². The molecule has 0 spiro atoms. The molecule has 4 nitrogen and oxygen atoms in total. The summed E-state index contributed by atoms with van der Waals surface area (Å²) in [5.74, 6) is 1.17. The summed E-state index contributed by atoms with van der Waals surface area (Å²) in [6, 6.07) is 22.2. The Bertz CT molecular complexity index is 944. The minimum atomic E-state index is -0.150. The van der Waals surface area contributed by atoms with E-state index in [2.05, 4.69) is 5.32 Å². The number of halogens is 1. The molecule has 0 radical (unpaired) electrons. The first-order valence-corrected chi connectivity index (χ1v) is 9.35. The number of carbonyl (C=O) groups excluding carboxylic acids is 1. The number of rotatable bonds is 7. The highest BCUT2D eigenvalue weighted by atomic mass is 35.5. The summed E-state index contributed by atoms with van der Waals surface area (Å²) in [5.41, 5.74) is 2.38. The third kappa shape index (κ3) is 5.05. The van der Waals surface area contributed by atoms with Crippen LogP contribution in [0.3, 0.4) is 0 Å². The van der Waals surface area contributed by atoms with Gasteiger partial charge in [-0.2, -0.15) is 0 Å². The van der Waals surface area contributed by atoms with Crippen LogP contribution in [0.25, 0.3) is 0 Å². The lowest BCUT2D eigenvalue weighted by Crippen LogP contribution is -2.26. The van der Waals surface area contributed by atoms with Gasteiger partial charge in [0.05, 0.1) is 13.2 Å². The van der Waals surface area contributed by atoms with Crippen molar-refractivity contribution in [2.24, 2.45) is 0 Å². The molecule has 0 aliphatic heterocycles. The summed E-state index contributed by atoms with van der Waals surface area (Å²) < 4.78 is 11.2. The zero-order valence-corrected chi connectivity index (χ0v) is 16.6. The molecule has 5 heteroatoms. The summed E-state index contributed by atoms with van der Waals surface area (Å²) in [6.07, 6.45) is 0. The van der Waals surface area contributed by atoms with Crippen LogP contribution in [-0.2, 0) is 6.61 Å². The minimum Gasteiger partial charge on any atom is -0.496 e. The molecule has 0 unspecified atom stereocenters. The Morgan fingerprint density at radius 1 is 1.04 bits per heavy atom. The summed E-state index contributed by atoms with van der Waals surface area (Å²) in [5, 5.41) is 3.62. The summed E-state index contributed by atoms with van der Waals surface area (Å²) >= 11 is 5.99. The van der Waals surface area contributed by atoms with E-state index in [-0.39, 0.29) is 18.6 Å². The Balaban J connectivity index is 1.73. The van der Waals surface area contributed by atoms with E-state index in [4.69, 9.17) is 21.1 Å². The maximum absolute atomic E-state index is 12.7. The third-order valence-electron chi connectivity index (χ3n) is 4.38. The van der Waals surface area contributed by atoms with E-state index in [1.54, 1.807) is 37.4 Å². The van der Waals surface area contributed by atoms with Crippen LogP contribution in [0.4, 0.5) is 0 Å². The SMILES string of the molecule is COc1ccc(C(=O)N[C@H](C)c2ccccc2)cc1COc1cccc(Cl)c1. The molecule has 1 atom stereocenters. The van der Waals surface area contributed by atoms with Crippen molar-refractivity contribution in [3.8, 4) is 11.5 Å². The average molecular weight is 396 g/mol. The first kappa shape index (κ1) is 19.8. The largest absolute Gasteiger partial charge is 0.496 e. The fourth-order valence-corrected chi connectivity index (χ4v) is 3.04. The fraction of sp³-hybridized carbons (Fsp3) is 0.174. The molecule has 0 fully saturated rings. The maximum Gasteiger partial charge on any atom is 0.251 e. The van der Waals surface area contributed by atoms with Gasteiger partial charge in [-0.25, -0.2) is 0 Å². The van der Waals surface area contributed by atoms with Crippen molar-refractivity contribution in [2.75, 3.05) is 7.11 Å². The Hall–Kier alpha value is -2.98. The van der Waals surface area contributed by atoms with Gasteiger partial charge in [-0.05, 0) is 48.9 Å². The zero-order valence-electron chi connectivity index (χ0n) is 15.8. The number of methoxy groups -OCH3 is 1. The number of nitrogens with one attached hydrogen (secondary N) is 1. The van der Waals surface area contributed by atoms with E-state index in [0.717, 1.165) is 11.1 Å². The van der Waals surface area contributed by atoms with Crippen molar-refractivity contribution in [3.63, 3.8) is 0 Å². The van der Waals surface area contributed by atoms with E-state index >= 15 is 0 Å². The summed E-state index contributed by atoms with van der Waals surface area (Å²) in [4.78, 5) is 12.7. The molecule has 0 heterocycles. The van der Waals surface area contributed by atoms with Gasteiger partial charge in [0.1, 0.15) is 18.1 Å². The predicted octanol–water partition coefficient (Wildman–Crippen LogP) is 5.42. The van der Waals surface area contributed by atoms with Crippen molar-refractivity contribution in [2.45, 2.75) is 19.6 Å². The number of amides is 1. The summed E-state index contributed by atoms with van der Waals surface area (Å²) in [6.45, 7) is 2.22. The van der Waals surface area contributed by atoms with Gasteiger partial charge in [-0.15, -0.1) is 0 Å². The number of carbonyl (C=O) groups is 1. The molecule has 0 aliphatic rings. The van der Waals surface area contributed by atoms with Crippen molar-refractivity contribution in [1.82, 2.24) is 5.32 Å². The van der Waals surface area contributed by atoms with Gasteiger partial charge < -0.3 is 14.8 Å². The van der Waals surface area contributed by atoms with Crippen molar-refractivity contribution in [3.05, 3.63) is 94.5 Å². The highest BCUT2D eigenvalue weighted by Gasteiger charge is 2.14. The first-order chi connectivity index (χ1) is 13.6. The van der Waals surface area contributed by atoms with E-state index in [1.807, 2.05) is 49.4 Å². The second kappa shape index (κ2) is 9.29. The lowest BCUT2D eigenvalue weighted by atomic mass is 10.1. The monoisotopic (exact) mass is 395 g/mol. The van der Waals surface area contributed by atoms with E-state index in [1.165, 1.54) is 0 Å². The molecule has 3 rings (SSSR count). The predicted molar refractivity (Wildman–Crippen MR) is 111 cm³/mol. The highest BCUT2D eigenvalue weighted by Crippen LogP contribution is 2.24. The van der Waals surface area contributed by atoms with E-state index in [9.17, 15) is 4.79 Å². The van der Waals surface area contributed by atoms with Crippen LogP contribution in [0.2, 0.25) is 5.02 Å². The normalized spacial score (nSPS) is 11.5. The molecular weight excluding hydrogens is 374 g/mol. The Morgan fingerprint density at radius 2 is 1.82 bits per heavy atom.